The van der Waals surface area contributed by atoms with E-state index in [0.29, 0.717) is 0 Å². The first-order chi connectivity index (χ1) is 18.0. The molecule has 0 saturated carbocycles. The van der Waals surface area contributed by atoms with Crippen molar-refractivity contribution in [1.82, 2.24) is 20.4 Å². The van der Waals surface area contributed by atoms with Crippen LogP contribution in [0, 0.1) is 11.7 Å². The lowest BCUT2D eigenvalue weighted by molar-refractivity contribution is -0.145. The van der Waals surface area contributed by atoms with Gasteiger partial charge in [0.2, 0.25) is 11.8 Å². The number of carbonyl (C=O) groups excluding carboxylic acids is 4. The number of benzene rings is 1. The van der Waals surface area contributed by atoms with E-state index in [1.165, 1.54) is 21.9 Å². The van der Waals surface area contributed by atoms with Crippen LogP contribution < -0.4 is 15.4 Å². The van der Waals surface area contributed by atoms with Crippen LogP contribution in [-0.2, 0) is 14.4 Å². The SMILES string of the molecule is CC(C)C[C@@H](NC(=O)c1cccc(F)c1OCC(=O)NC(C)(C)C)C(=O)N1C[C@@H](O)C[C@@H]1C(=O)N(C)C(C)C. The van der Waals surface area contributed by atoms with Gasteiger partial charge in [0, 0.05) is 31.6 Å². The molecule has 0 spiro atoms. The lowest BCUT2D eigenvalue weighted by atomic mass is 10.0. The summed E-state index contributed by atoms with van der Waals surface area (Å²) >= 11 is 0. The summed E-state index contributed by atoms with van der Waals surface area (Å²) in [5.74, 6) is -3.29. The number of ether oxygens (including phenoxy) is 1. The molecule has 1 saturated heterocycles. The third-order valence-corrected chi connectivity index (χ3v) is 6.35. The summed E-state index contributed by atoms with van der Waals surface area (Å²) in [6.07, 6.45) is -0.526. The Balaban J connectivity index is 2.28. The summed E-state index contributed by atoms with van der Waals surface area (Å²) in [6, 6.07) is 1.78. The number of nitrogens with zero attached hydrogens (tertiary/aromatic N) is 2. The van der Waals surface area contributed by atoms with E-state index in [0.717, 1.165) is 6.07 Å². The van der Waals surface area contributed by atoms with Gasteiger partial charge in [-0.3, -0.25) is 19.2 Å². The predicted molar refractivity (Wildman–Crippen MR) is 145 cm³/mol. The molecule has 11 heteroatoms. The fourth-order valence-corrected chi connectivity index (χ4v) is 4.34. The summed E-state index contributed by atoms with van der Waals surface area (Å²) in [5.41, 5.74) is -0.694. The third-order valence-electron chi connectivity index (χ3n) is 6.35. The Hall–Kier alpha value is -3.21. The van der Waals surface area contributed by atoms with Crippen LogP contribution in [0.25, 0.3) is 0 Å². The first kappa shape index (κ1) is 32.0. The van der Waals surface area contributed by atoms with Crippen molar-refractivity contribution < 1.29 is 33.4 Å². The minimum Gasteiger partial charge on any atom is -0.480 e. The Kier molecular flexibility index (Phi) is 10.9. The molecule has 2 rings (SSSR count). The van der Waals surface area contributed by atoms with Gasteiger partial charge in [-0.1, -0.05) is 19.9 Å². The fraction of sp³-hybridized carbons (Fsp3) is 0.643. The van der Waals surface area contributed by atoms with E-state index in [2.05, 4.69) is 10.6 Å². The zero-order valence-electron chi connectivity index (χ0n) is 24.2. The van der Waals surface area contributed by atoms with Gasteiger partial charge in [-0.05, 0) is 59.1 Å². The van der Waals surface area contributed by atoms with Crippen LogP contribution in [0.2, 0.25) is 0 Å². The van der Waals surface area contributed by atoms with Crippen molar-refractivity contribution in [3.8, 4) is 5.75 Å². The summed E-state index contributed by atoms with van der Waals surface area (Å²) in [4.78, 5) is 55.1. The molecular formula is C28H43FN4O6. The van der Waals surface area contributed by atoms with E-state index < -0.39 is 59.6 Å². The largest absolute Gasteiger partial charge is 0.480 e. The molecule has 1 aromatic rings. The molecule has 218 valence electrons. The summed E-state index contributed by atoms with van der Waals surface area (Å²) < 4.78 is 20.1. The Labute approximate surface area is 230 Å². The van der Waals surface area contributed by atoms with Gasteiger partial charge in [0.25, 0.3) is 11.8 Å². The van der Waals surface area contributed by atoms with Crippen LogP contribution in [0.3, 0.4) is 0 Å². The number of β-amino-alcohol motifs (C(OH)–C–C–N with tert-alkyl or cyclic N) is 1. The van der Waals surface area contributed by atoms with E-state index in [1.807, 2.05) is 27.7 Å². The molecule has 0 radical (unpaired) electrons. The van der Waals surface area contributed by atoms with E-state index in [-0.39, 0.29) is 42.8 Å². The summed E-state index contributed by atoms with van der Waals surface area (Å²) in [6.45, 7) is 12.3. The van der Waals surface area contributed by atoms with Gasteiger partial charge in [-0.25, -0.2) is 4.39 Å². The van der Waals surface area contributed by atoms with Crippen LogP contribution in [0.1, 0.15) is 71.7 Å². The molecule has 1 aliphatic rings. The highest BCUT2D eigenvalue weighted by Gasteiger charge is 2.43. The Bertz CT molecular complexity index is 1050. The Morgan fingerprint density at radius 3 is 2.38 bits per heavy atom. The molecule has 10 nitrogen and oxygen atoms in total. The van der Waals surface area contributed by atoms with Crippen LogP contribution in [0.5, 0.6) is 5.75 Å². The number of carbonyl (C=O) groups is 4. The molecule has 0 aliphatic carbocycles. The molecule has 39 heavy (non-hydrogen) atoms. The van der Waals surface area contributed by atoms with Crippen LogP contribution in [0.4, 0.5) is 4.39 Å². The maximum absolute atomic E-state index is 14.7. The first-order valence-electron chi connectivity index (χ1n) is 13.3. The highest BCUT2D eigenvalue weighted by atomic mass is 19.1. The number of likely N-dealkylation sites (N-methyl/N-ethyl adjacent to an activating group) is 1. The van der Waals surface area contributed by atoms with Crippen LogP contribution in [-0.4, -0.2) is 88.5 Å². The topological polar surface area (TPSA) is 128 Å². The molecule has 1 heterocycles. The molecule has 3 N–H and O–H groups in total. The van der Waals surface area contributed by atoms with Crippen molar-refractivity contribution in [1.29, 1.82) is 0 Å². The quantitative estimate of drug-likeness (QED) is 0.409. The third kappa shape index (κ3) is 8.91. The number of hydrogen-bond donors (Lipinski definition) is 3. The monoisotopic (exact) mass is 550 g/mol. The Morgan fingerprint density at radius 2 is 1.82 bits per heavy atom. The number of aliphatic hydroxyl groups excluding tert-OH is 1. The number of nitrogens with one attached hydrogen (secondary N) is 2. The summed E-state index contributed by atoms with van der Waals surface area (Å²) in [5, 5.41) is 15.7. The highest BCUT2D eigenvalue weighted by Crippen LogP contribution is 2.25. The van der Waals surface area contributed by atoms with E-state index >= 15 is 0 Å². The van der Waals surface area contributed by atoms with Crippen molar-refractivity contribution in [2.45, 2.75) is 91.1 Å². The number of amides is 4. The lowest BCUT2D eigenvalue weighted by Gasteiger charge is -2.32. The van der Waals surface area contributed by atoms with Crippen molar-refractivity contribution in [2.75, 3.05) is 20.2 Å². The Morgan fingerprint density at radius 1 is 1.18 bits per heavy atom. The highest BCUT2D eigenvalue weighted by molar-refractivity contribution is 6.00. The minimum absolute atomic E-state index is 0.0106. The van der Waals surface area contributed by atoms with Gasteiger partial charge >= 0.3 is 0 Å². The molecule has 4 amide bonds. The number of hydrogen-bond acceptors (Lipinski definition) is 6. The second kappa shape index (κ2) is 13.2. The molecule has 0 bridgehead atoms. The number of likely N-dealkylation sites (tertiary alicyclic amines) is 1. The van der Waals surface area contributed by atoms with E-state index in [4.69, 9.17) is 4.74 Å². The first-order valence-corrected chi connectivity index (χ1v) is 13.3. The average molecular weight is 551 g/mol. The van der Waals surface area contributed by atoms with Gasteiger partial charge in [-0.2, -0.15) is 0 Å². The normalized spacial score (nSPS) is 18.2. The zero-order chi connectivity index (χ0) is 29.7. The predicted octanol–water partition coefficient (Wildman–Crippen LogP) is 2.09. The van der Waals surface area contributed by atoms with E-state index in [9.17, 15) is 28.7 Å². The van der Waals surface area contributed by atoms with Crippen LogP contribution in [0.15, 0.2) is 18.2 Å². The average Bonchev–Trinajstić information content (AvgIpc) is 3.21. The number of halogens is 1. The van der Waals surface area contributed by atoms with Crippen molar-refractivity contribution in [2.24, 2.45) is 5.92 Å². The van der Waals surface area contributed by atoms with Crippen molar-refractivity contribution in [3.63, 3.8) is 0 Å². The van der Waals surface area contributed by atoms with E-state index in [1.54, 1.807) is 27.8 Å². The minimum atomic E-state index is -1.04. The lowest BCUT2D eigenvalue weighted by Crippen LogP contribution is -2.54. The number of rotatable bonds is 10. The van der Waals surface area contributed by atoms with Crippen molar-refractivity contribution in [3.05, 3.63) is 29.6 Å². The molecule has 1 aromatic carbocycles. The maximum Gasteiger partial charge on any atom is 0.258 e. The smallest absolute Gasteiger partial charge is 0.258 e. The maximum atomic E-state index is 14.7. The fourth-order valence-electron chi connectivity index (χ4n) is 4.34. The molecular weight excluding hydrogens is 507 g/mol. The van der Waals surface area contributed by atoms with Crippen molar-refractivity contribution >= 4 is 23.6 Å². The molecule has 0 aromatic heterocycles. The van der Waals surface area contributed by atoms with Gasteiger partial charge in [0.15, 0.2) is 18.2 Å². The van der Waals surface area contributed by atoms with Gasteiger partial charge < -0.3 is 30.3 Å². The number of para-hydroxylation sites is 1. The standard InChI is InChI=1S/C28H43FN4O6/c1-16(2)12-21(26(37)33-14-18(34)13-22(33)27(38)32(8)17(3)4)30-25(36)19-10-9-11-20(29)24(19)39-15-23(35)31-28(5,6)7/h9-11,16-18,21-22,34H,12-15H2,1-8H3,(H,30,36)(H,31,35)/t18-,21+,22+/m0/s1. The second-order valence-corrected chi connectivity index (χ2v) is 11.8. The second-order valence-electron chi connectivity index (χ2n) is 11.8. The van der Waals surface area contributed by atoms with Gasteiger partial charge in [-0.15, -0.1) is 0 Å². The molecule has 1 fully saturated rings. The molecule has 3 atom stereocenters. The molecule has 1 aliphatic heterocycles. The van der Waals surface area contributed by atoms with Crippen LogP contribution >= 0.6 is 0 Å². The van der Waals surface area contributed by atoms with Gasteiger partial charge in [0.05, 0.1) is 11.7 Å². The number of aliphatic hydroxyl groups is 1. The molecule has 0 unspecified atom stereocenters. The summed E-state index contributed by atoms with van der Waals surface area (Å²) in [7, 11) is 1.64. The zero-order valence-corrected chi connectivity index (χ0v) is 24.2. The van der Waals surface area contributed by atoms with Gasteiger partial charge in [0.1, 0.15) is 12.1 Å².